The van der Waals surface area contributed by atoms with Crippen LogP contribution < -0.4 is 4.89 Å². The smallest absolute Gasteiger partial charge is 0.306 e. The third-order valence-electron chi connectivity index (χ3n) is 9.99. The van der Waals surface area contributed by atoms with E-state index in [4.69, 9.17) is 18.5 Å². The Hall–Kier alpha value is -2.29. The first kappa shape index (κ1) is 57.7. The number of rotatable bonds is 43. The maximum atomic E-state index is 12.7. The second kappa shape index (κ2) is 42.0. The van der Waals surface area contributed by atoms with Crippen LogP contribution in [0.4, 0.5) is 0 Å². The lowest BCUT2D eigenvalue weighted by atomic mass is 10.1. The van der Waals surface area contributed by atoms with Gasteiger partial charge in [-0.1, -0.05) is 164 Å². The van der Waals surface area contributed by atoms with Crippen molar-refractivity contribution >= 4 is 19.8 Å². The van der Waals surface area contributed by atoms with E-state index < -0.39 is 32.5 Å². The van der Waals surface area contributed by atoms with Crippen LogP contribution in [0.25, 0.3) is 0 Å². The molecule has 0 aliphatic carbocycles. The Kier molecular flexibility index (Phi) is 40.4. The number of phosphoric ester groups is 1. The highest BCUT2D eigenvalue weighted by Gasteiger charge is 2.21. The highest BCUT2D eigenvalue weighted by Crippen LogP contribution is 2.38. The summed E-state index contributed by atoms with van der Waals surface area (Å²) in [6.07, 6.45) is 51.0. The molecule has 0 aliphatic heterocycles. The van der Waals surface area contributed by atoms with Gasteiger partial charge in [0.15, 0.2) is 6.10 Å². The lowest BCUT2D eigenvalue weighted by molar-refractivity contribution is -0.870. The van der Waals surface area contributed by atoms with Crippen LogP contribution in [0.15, 0.2) is 60.8 Å². The first-order valence-electron chi connectivity index (χ1n) is 24.0. The summed E-state index contributed by atoms with van der Waals surface area (Å²) in [4.78, 5) is 37.6. The average Bonchev–Trinajstić information content (AvgIpc) is 3.20. The molecule has 0 amide bonds. The molecule has 2 atom stereocenters. The van der Waals surface area contributed by atoms with Crippen molar-refractivity contribution < 1.29 is 42.1 Å². The molecule has 9 nitrogen and oxygen atoms in total. The molecule has 0 saturated carbocycles. The Labute approximate surface area is 368 Å². The van der Waals surface area contributed by atoms with E-state index in [1.165, 1.54) is 89.9 Å². The fraction of sp³-hybridized carbons (Fsp3) is 0.760. The number of carbonyl (C=O) groups is 2. The number of ether oxygens (including phenoxy) is 2. The van der Waals surface area contributed by atoms with Gasteiger partial charge in [0.25, 0.3) is 7.82 Å². The number of carbonyl (C=O) groups excluding carboxylic acids is 2. The number of hydrogen-bond donors (Lipinski definition) is 0. The van der Waals surface area contributed by atoms with Gasteiger partial charge in [-0.05, 0) is 77.0 Å². The molecule has 0 aromatic carbocycles. The number of allylic oxidation sites excluding steroid dienone is 10. The lowest BCUT2D eigenvalue weighted by Crippen LogP contribution is -2.37. The summed E-state index contributed by atoms with van der Waals surface area (Å²) >= 11 is 0. The Morgan fingerprint density at radius 2 is 0.933 bits per heavy atom. The van der Waals surface area contributed by atoms with Gasteiger partial charge in [-0.3, -0.25) is 14.2 Å². The van der Waals surface area contributed by atoms with E-state index in [0.717, 1.165) is 64.2 Å². The van der Waals surface area contributed by atoms with Crippen LogP contribution in [0.3, 0.4) is 0 Å². The van der Waals surface area contributed by atoms with Gasteiger partial charge in [0.05, 0.1) is 27.7 Å². The van der Waals surface area contributed by atoms with Gasteiger partial charge >= 0.3 is 11.9 Å². The molecule has 10 heteroatoms. The number of hydrogen-bond acceptors (Lipinski definition) is 8. The van der Waals surface area contributed by atoms with Crippen molar-refractivity contribution in [1.29, 1.82) is 0 Å². The number of phosphoric acid groups is 1. The molecule has 0 aromatic heterocycles. The summed E-state index contributed by atoms with van der Waals surface area (Å²) in [5, 5.41) is 0. The number of esters is 2. The van der Waals surface area contributed by atoms with Gasteiger partial charge in [-0.15, -0.1) is 0 Å². The van der Waals surface area contributed by atoms with Crippen molar-refractivity contribution in [2.24, 2.45) is 0 Å². The molecule has 60 heavy (non-hydrogen) atoms. The highest BCUT2D eigenvalue weighted by molar-refractivity contribution is 7.45. The maximum absolute atomic E-state index is 12.7. The molecule has 0 heterocycles. The fourth-order valence-electron chi connectivity index (χ4n) is 6.23. The standard InChI is InChI=1S/C50H90NO8P/c1-6-8-10-12-14-16-18-20-22-24-25-27-29-31-33-35-37-39-41-43-50(53)59-48(47-58-60(54,55)57-45-44-51(3,4)5)46-56-49(52)42-40-38-36-34-32-30-28-26-23-21-19-17-15-13-11-9-7-2/h11,13,17,19-20,22-23,26,30,32,48H,6-10,12,14-16,18,21,24-25,27-29,31,33-47H2,1-5H3/b13-11+,19-17+,22-20+,26-23+,32-30+/t48-/m1/s1. The van der Waals surface area contributed by atoms with Gasteiger partial charge in [-0.2, -0.15) is 0 Å². The Morgan fingerprint density at radius 3 is 1.43 bits per heavy atom. The van der Waals surface area contributed by atoms with E-state index in [-0.39, 0.29) is 26.1 Å². The quantitative estimate of drug-likeness (QED) is 0.0196. The summed E-state index contributed by atoms with van der Waals surface area (Å²) in [6.45, 7) is 4.12. The summed E-state index contributed by atoms with van der Waals surface area (Å²) in [7, 11) is 1.14. The highest BCUT2D eigenvalue weighted by atomic mass is 31.2. The zero-order valence-corrected chi connectivity index (χ0v) is 40.0. The van der Waals surface area contributed by atoms with Crippen LogP contribution in [-0.2, 0) is 32.7 Å². The van der Waals surface area contributed by atoms with Crippen molar-refractivity contribution in [2.75, 3.05) is 47.5 Å². The van der Waals surface area contributed by atoms with Gasteiger partial charge < -0.3 is 27.9 Å². The Balaban J connectivity index is 4.36. The van der Waals surface area contributed by atoms with Crippen LogP contribution in [0.5, 0.6) is 0 Å². The predicted molar refractivity (Wildman–Crippen MR) is 250 cm³/mol. The largest absolute Gasteiger partial charge is 0.756 e. The van der Waals surface area contributed by atoms with Crippen LogP contribution in [0, 0.1) is 0 Å². The molecule has 0 aliphatic rings. The molecular weight excluding hydrogens is 774 g/mol. The monoisotopic (exact) mass is 864 g/mol. The molecule has 348 valence electrons. The van der Waals surface area contributed by atoms with Crippen molar-refractivity contribution in [3.05, 3.63) is 60.8 Å². The molecule has 0 rings (SSSR count). The summed E-state index contributed by atoms with van der Waals surface area (Å²) in [6, 6.07) is 0. The van der Waals surface area contributed by atoms with E-state index in [1.807, 2.05) is 21.1 Å². The fourth-order valence-corrected chi connectivity index (χ4v) is 6.96. The average molecular weight is 864 g/mol. The van der Waals surface area contributed by atoms with E-state index in [9.17, 15) is 19.0 Å². The summed E-state index contributed by atoms with van der Waals surface area (Å²) in [5.41, 5.74) is 0. The predicted octanol–water partition coefficient (Wildman–Crippen LogP) is 13.4. The number of quaternary nitrogens is 1. The van der Waals surface area contributed by atoms with Crippen LogP contribution >= 0.6 is 7.82 Å². The van der Waals surface area contributed by atoms with Crippen molar-refractivity contribution in [3.63, 3.8) is 0 Å². The summed E-state index contributed by atoms with van der Waals surface area (Å²) < 4.78 is 33.9. The van der Waals surface area contributed by atoms with Crippen LogP contribution in [0.2, 0.25) is 0 Å². The SMILES string of the molecule is CCC/C=C/C/C=C/C/C=C/C/C=C/CCCCCC(=O)OC[C@H](COP(=O)([O-])OCC[N+](C)(C)C)OC(=O)CCCCCCCCCCC/C=C/CCCCCCCC. The number of likely N-dealkylation sites (N-methyl/N-ethyl adjacent to an activating group) is 1. The lowest BCUT2D eigenvalue weighted by Gasteiger charge is -2.28. The molecule has 0 fully saturated rings. The van der Waals surface area contributed by atoms with E-state index in [0.29, 0.717) is 23.9 Å². The normalized spacial score (nSPS) is 14.0. The molecule has 0 spiro atoms. The Morgan fingerprint density at radius 1 is 0.517 bits per heavy atom. The molecule has 0 aromatic rings. The third kappa shape index (κ3) is 45.2. The van der Waals surface area contributed by atoms with E-state index >= 15 is 0 Å². The van der Waals surface area contributed by atoms with Gasteiger partial charge in [-0.25, -0.2) is 0 Å². The summed E-state index contributed by atoms with van der Waals surface area (Å²) in [5.74, 6) is -0.874. The minimum atomic E-state index is -4.64. The van der Waals surface area contributed by atoms with Gasteiger partial charge in [0.1, 0.15) is 19.8 Å². The first-order valence-corrected chi connectivity index (χ1v) is 25.5. The molecule has 0 bridgehead atoms. The van der Waals surface area contributed by atoms with E-state index in [2.05, 4.69) is 74.6 Å². The Bertz CT molecular complexity index is 1210. The number of unbranched alkanes of at least 4 members (excludes halogenated alkanes) is 19. The van der Waals surface area contributed by atoms with Crippen LogP contribution in [0.1, 0.15) is 194 Å². The second-order valence-corrected chi connectivity index (χ2v) is 18.5. The number of nitrogens with zero attached hydrogens (tertiary/aromatic N) is 1. The first-order chi connectivity index (χ1) is 29.0. The second-order valence-electron chi connectivity index (χ2n) is 17.1. The molecule has 1 unspecified atom stereocenters. The minimum Gasteiger partial charge on any atom is -0.756 e. The van der Waals surface area contributed by atoms with Crippen molar-refractivity contribution in [3.8, 4) is 0 Å². The third-order valence-corrected chi connectivity index (χ3v) is 11.0. The molecule has 0 radical (unpaired) electrons. The topological polar surface area (TPSA) is 111 Å². The van der Waals surface area contributed by atoms with Crippen LogP contribution in [-0.4, -0.2) is 70.0 Å². The van der Waals surface area contributed by atoms with E-state index in [1.54, 1.807) is 0 Å². The van der Waals surface area contributed by atoms with Crippen molar-refractivity contribution in [2.45, 2.75) is 200 Å². The zero-order valence-electron chi connectivity index (χ0n) is 39.1. The van der Waals surface area contributed by atoms with Gasteiger partial charge in [0, 0.05) is 12.8 Å². The minimum absolute atomic E-state index is 0.0386. The maximum Gasteiger partial charge on any atom is 0.306 e. The van der Waals surface area contributed by atoms with Gasteiger partial charge in [0.2, 0.25) is 0 Å². The zero-order chi connectivity index (χ0) is 44.3. The molecule has 0 saturated heterocycles. The van der Waals surface area contributed by atoms with Crippen molar-refractivity contribution in [1.82, 2.24) is 0 Å². The molecular formula is C50H90NO8P. The molecule has 0 N–H and O–H groups in total.